The monoisotopic (exact) mass is 277 g/mol. The highest BCUT2D eigenvalue weighted by atomic mass is 32.1. The number of hydrazine groups is 1. The van der Waals surface area contributed by atoms with Crippen molar-refractivity contribution in [2.45, 2.75) is 33.3 Å². The van der Waals surface area contributed by atoms with E-state index in [1.54, 1.807) is 6.20 Å². The summed E-state index contributed by atoms with van der Waals surface area (Å²) in [6.45, 7) is 6.92. The molecule has 3 N–H and O–H groups in total. The van der Waals surface area contributed by atoms with Gasteiger partial charge >= 0.3 is 0 Å². The Morgan fingerprint density at radius 1 is 1.42 bits per heavy atom. The van der Waals surface area contributed by atoms with Gasteiger partial charge in [0.15, 0.2) is 5.13 Å². The minimum atomic E-state index is 0.499. The highest BCUT2D eigenvalue weighted by Crippen LogP contribution is 2.26. The van der Waals surface area contributed by atoms with Crippen LogP contribution in [0.3, 0.4) is 0 Å². The molecule has 0 bridgehead atoms. The van der Waals surface area contributed by atoms with E-state index >= 15 is 0 Å². The van der Waals surface area contributed by atoms with E-state index < -0.39 is 0 Å². The summed E-state index contributed by atoms with van der Waals surface area (Å²) >= 11 is 1.50. The highest BCUT2D eigenvalue weighted by Gasteiger charge is 2.06. The van der Waals surface area contributed by atoms with Gasteiger partial charge in [-0.05, 0) is 30.0 Å². The van der Waals surface area contributed by atoms with Gasteiger partial charge in [-0.15, -0.1) is 0 Å². The van der Waals surface area contributed by atoms with E-state index in [1.165, 1.54) is 16.9 Å². The third-order valence-electron chi connectivity index (χ3n) is 2.93. The molecule has 0 fully saturated rings. The van der Waals surface area contributed by atoms with Gasteiger partial charge in [-0.2, -0.15) is 0 Å². The summed E-state index contributed by atoms with van der Waals surface area (Å²) in [4.78, 5) is 5.16. The molecule has 2 rings (SSSR count). The number of benzene rings is 1. The number of nitrogens with zero attached hydrogens (tertiary/aromatic N) is 1. The van der Waals surface area contributed by atoms with Gasteiger partial charge in [0, 0.05) is 6.20 Å². The zero-order valence-electron chi connectivity index (χ0n) is 11.4. The Kier molecular flexibility index (Phi) is 4.39. The van der Waals surface area contributed by atoms with Crippen molar-refractivity contribution in [3.63, 3.8) is 0 Å². The van der Waals surface area contributed by atoms with Crippen molar-refractivity contribution >= 4 is 16.5 Å². The fourth-order valence-corrected chi connectivity index (χ4v) is 2.36. The standard InChI is InChI=1S/C14H19N3OS/c1-9(2)11-5-4-10(3)13(6-11)18-8-12-7-16-14(17-15)19-12/h4-7,9H,8,15H2,1-3H3,(H,16,17). The summed E-state index contributed by atoms with van der Waals surface area (Å²) < 4.78 is 5.87. The molecule has 0 atom stereocenters. The maximum atomic E-state index is 5.87. The van der Waals surface area contributed by atoms with Crippen LogP contribution in [0.15, 0.2) is 24.4 Å². The lowest BCUT2D eigenvalue weighted by Gasteiger charge is -2.12. The first-order valence-electron chi connectivity index (χ1n) is 6.25. The van der Waals surface area contributed by atoms with Gasteiger partial charge in [0.2, 0.25) is 0 Å². The maximum absolute atomic E-state index is 5.87. The van der Waals surface area contributed by atoms with E-state index in [1.807, 2.05) is 0 Å². The van der Waals surface area contributed by atoms with Crippen molar-refractivity contribution in [1.82, 2.24) is 4.98 Å². The van der Waals surface area contributed by atoms with Crippen LogP contribution in [0.25, 0.3) is 0 Å². The second-order valence-corrected chi connectivity index (χ2v) is 5.86. The van der Waals surface area contributed by atoms with E-state index in [-0.39, 0.29) is 0 Å². The zero-order valence-corrected chi connectivity index (χ0v) is 12.3. The SMILES string of the molecule is Cc1ccc(C(C)C)cc1OCc1cnc(NN)s1. The fourth-order valence-electron chi connectivity index (χ4n) is 1.72. The van der Waals surface area contributed by atoms with Crippen LogP contribution in [-0.2, 0) is 6.61 Å². The molecule has 1 heterocycles. The minimum Gasteiger partial charge on any atom is -0.488 e. The van der Waals surface area contributed by atoms with Crippen LogP contribution >= 0.6 is 11.3 Å². The van der Waals surface area contributed by atoms with Gasteiger partial charge < -0.3 is 4.74 Å². The average Bonchev–Trinajstić information content (AvgIpc) is 2.85. The van der Waals surface area contributed by atoms with E-state index in [9.17, 15) is 0 Å². The van der Waals surface area contributed by atoms with Crippen LogP contribution in [0, 0.1) is 6.92 Å². The molecule has 19 heavy (non-hydrogen) atoms. The molecule has 2 aromatic rings. The van der Waals surface area contributed by atoms with Crippen molar-refractivity contribution in [1.29, 1.82) is 0 Å². The molecule has 0 saturated carbocycles. The smallest absolute Gasteiger partial charge is 0.197 e. The predicted octanol–water partition coefficient (Wildman–Crippen LogP) is 3.44. The number of hydrogen-bond acceptors (Lipinski definition) is 5. The van der Waals surface area contributed by atoms with E-state index in [2.05, 4.69) is 49.4 Å². The Bertz CT molecular complexity index is 551. The molecule has 0 saturated heterocycles. The summed E-state index contributed by atoms with van der Waals surface area (Å²) in [5.74, 6) is 6.74. The van der Waals surface area contributed by atoms with Crippen molar-refractivity contribution in [3.8, 4) is 5.75 Å². The highest BCUT2D eigenvalue weighted by molar-refractivity contribution is 7.15. The first-order valence-corrected chi connectivity index (χ1v) is 7.06. The second-order valence-electron chi connectivity index (χ2n) is 4.74. The number of thiazole rings is 1. The summed E-state index contributed by atoms with van der Waals surface area (Å²) in [5, 5.41) is 0.700. The van der Waals surface area contributed by atoms with Crippen LogP contribution in [0.1, 0.15) is 35.8 Å². The van der Waals surface area contributed by atoms with E-state index in [0.717, 1.165) is 16.2 Å². The lowest BCUT2D eigenvalue weighted by molar-refractivity contribution is 0.307. The quantitative estimate of drug-likeness (QED) is 0.649. The van der Waals surface area contributed by atoms with Crippen LogP contribution in [0.5, 0.6) is 5.75 Å². The fraction of sp³-hybridized carbons (Fsp3) is 0.357. The predicted molar refractivity (Wildman–Crippen MR) is 79.5 cm³/mol. The summed E-state index contributed by atoms with van der Waals surface area (Å²) in [5.41, 5.74) is 4.96. The Hall–Kier alpha value is -1.59. The number of nitrogen functional groups attached to an aromatic ring is 1. The molecule has 102 valence electrons. The first kappa shape index (κ1) is 13.8. The maximum Gasteiger partial charge on any atom is 0.197 e. The molecule has 0 aliphatic carbocycles. The number of aryl methyl sites for hydroxylation is 1. The molecule has 1 aromatic carbocycles. The largest absolute Gasteiger partial charge is 0.488 e. The molecule has 0 aliphatic heterocycles. The normalized spacial score (nSPS) is 10.8. The van der Waals surface area contributed by atoms with Gasteiger partial charge in [-0.25, -0.2) is 10.8 Å². The van der Waals surface area contributed by atoms with Crippen LogP contribution in [-0.4, -0.2) is 4.98 Å². The molecule has 0 spiro atoms. The van der Waals surface area contributed by atoms with Gasteiger partial charge in [0.25, 0.3) is 0 Å². The van der Waals surface area contributed by atoms with Crippen molar-refractivity contribution in [3.05, 3.63) is 40.4 Å². The van der Waals surface area contributed by atoms with Gasteiger partial charge in [-0.1, -0.05) is 37.3 Å². The number of nitrogens with two attached hydrogens (primary N) is 1. The van der Waals surface area contributed by atoms with Crippen molar-refractivity contribution < 1.29 is 4.74 Å². The molecule has 0 amide bonds. The van der Waals surface area contributed by atoms with E-state index in [4.69, 9.17) is 10.6 Å². The lowest BCUT2D eigenvalue weighted by Crippen LogP contribution is -2.05. The number of aromatic nitrogens is 1. The van der Waals surface area contributed by atoms with Crippen LogP contribution < -0.4 is 16.0 Å². The average molecular weight is 277 g/mol. The summed E-state index contributed by atoms with van der Waals surface area (Å²) in [6.07, 6.45) is 1.78. The molecule has 4 nitrogen and oxygen atoms in total. The first-order chi connectivity index (χ1) is 9.10. The van der Waals surface area contributed by atoms with Crippen LogP contribution in [0.2, 0.25) is 0 Å². The Morgan fingerprint density at radius 3 is 2.84 bits per heavy atom. The molecular weight excluding hydrogens is 258 g/mol. The zero-order chi connectivity index (χ0) is 13.8. The summed E-state index contributed by atoms with van der Waals surface area (Å²) in [6, 6.07) is 6.36. The molecule has 0 unspecified atom stereocenters. The Morgan fingerprint density at radius 2 is 2.21 bits per heavy atom. The number of hydrogen-bond donors (Lipinski definition) is 2. The summed E-state index contributed by atoms with van der Waals surface area (Å²) in [7, 11) is 0. The minimum absolute atomic E-state index is 0.499. The van der Waals surface area contributed by atoms with Gasteiger partial charge in [-0.3, -0.25) is 5.43 Å². The van der Waals surface area contributed by atoms with Gasteiger partial charge in [0.1, 0.15) is 12.4 Å². The molecule has 1 aromatic heterocycles. The lowest BCUT2D eigenvalue weighted by atomic mass is 10.0. The van der Waals surface area contributed by atoms with Gasteiger partial charge in [0.05, 0.1) is 4.88 Å². The second kappa shape index (κ2) is 6.04. The number of rotatable bonds is 5. The third-order valence-corrected chi connectivity index (χ3v) is 3.83. The molecule has 0 aliphatic rings. The Balaban J connectivity index is 2.08. The number of anilines is 1. The third kappa shape index (κ3) is 3.45. The molecule has 0 radical (unpaired) electrons. The molecule has 5 heteroatoms. The molecular formula is C14H19N3OS. The van der Waals surface area contributed by atoms with Crippen molar-refractivity contribution in [2.24, 2.45) is 5.84 Å². The number of nitrogens with one attached hydrogen (secondary N) is 1. The Labute approximate surface area is 117 Å². The van der Waals surface area contributed by atoms with Crippen LogP contribution in [0.4, 0.5) is 5.13 Å². The number of ether oxygens (including phenoxy) is 1. The topological polar surface area (TPSA) is 60.2 Å². The van der Waals surface area contributed by atoms with E-state index in [0.29, 0.717) is 17.7 Å². The van der Waals surface area contributed by atoms with Crippen molar-refractivity contribution in [2.75, 3.05) is 5.43 Å².